The molecule has 6 nitrogen and oxygen atoms in total. The van der Waals surface area contributed by atoms with Crippen molar-refractivity contribution >= 4 is 17.6 Å². The van der Waals surface area contributed by atoms with Crippen LogP contribution in [0.15, 0.2) is 24.3 Å². The molecule has 0 spiro atoms. The first-order valence-corrected chi connectivity index (χ1v) is 6.80. The zero-order valence-corrected chi connectivity index (χ0v) is 11.6. The molecule has 0 saturated carbocycles. The highest BCUT2D eigenvalue weighted by Crippen LogP contribution is 2.13. The van der Waals surface area contributed by atoms with Crippen LogP contribution in [0.25, 0.3) is 0 Å². The van der Waals surface area contributed by atoms with Crippen LogP contribution < -0.4 is 16.4 Å². The van der Waals surface area contributed by atoms with Crippen LogP contribution in [0.1, 0.15) is 23.7 Å². The summed E-state index contributed by atoms with van der Waals surface area (Å²) < 4.78 is 0. The van der Waals surface area contributed by atoms with Crippen LogP contribution in [0.5, 0.6) is 0 Å². The lowest BCUT2D eigenvalue weighted by atomic mass is 10.1. The molecule has 6 heteroatoms. The van der Waals surface area contributed by atoms with Crippen LogP contribution in [0.2, 0.25) is 0 Å². The van der Waals surface area contributed by atoms with Gasteiger partial charge in [0, 0.05) is 31.4 Å². The van der Waals surface area contributed by atoms with Gasteiger partial charge in [-0.05, 0) is 25.5 Å². The lowest BCUT2D eigenvalue weighted by molar-refractivity contribution is 0.0939. The summed E-state index contributed by atoms with van der Waals surface area (Å²) in [5, 5.41) is 5.68. The molecule has 1 aliphatic rings. The van der Waals surface area contributed by atoms with E-state index in [-0.39, 0.29) is 18.0 Å². The standard InChI is InChI=1S/C14H20N4O2/c1-2-16-14(20)18-8-7-10(9-18)17-13(19)11-5-3-4-6-12(11)15/h3-6,10H,2,7-9,15H2,1H3,(H,16,20)(H,17,19). The molecule has 1 fully saturated rings. The van der Waals surface area contributed by atoms with E-state index in [1.54, 1.807) is 29.2 Å². The lowest BCUT2D eigenvalue weighted by Crippen LogP contribution is -2.42. The number of benzene rings is 1. The minimum Gasteiger partial charge on any atom is -0.398 e. The molecular weight excluding hydrogens is 256 g/mol. The summed E-state index contributed by atoms with van der Waals surface area (Å²) in [5.41, 5.74) is 6.71. The average Bonchev–Trinajstić information content (AvgIpc) is 2.88. The molecule has 1 heterocycles. The monoisotopic (exact) mass is 276 g/mol. The normalized spacial score (nSPS) is 17.9. The van der Waals surface area contributed by atoms with E-state index in [1.165, 1.54) is 0 Å². The number of rotatable bonds is 3. The number of carbonyl (C=O) groups is 2. The number of amides is 3. The van der Waals surface area contributed by atoms with E-state index in [9.17, 15) is 9.59 Å². The molecule has 2 rings (SSSR count). The minimum absolute atomic E-state index is 0.0234. The molecule has 20 heavy (non-hydrogen) atoms. The molecular formula is C14H20N4O2. The lowest BCUT2D eigenvalue weighted by Gasteiger charge is -2.17. The summed E-state index contributed by atoms with van der Waals surface area (Å²) in [7, 11) is 0. The first-order valence-electron chi connectivity index (χ1n) is 6.80. The highest BCUT2D eigenvalue weighted by atomic mass is 16.2. The van der Waals surface area contributed by atoms with Gasteiger partial charge < -0.3 is 21.3 Å². The van der Waals surface area contributed by atoms with Crippen LogP contribution in [-0.4, -0.2) is 42.5 Å². The molecule has 1 aromatic carbocycles. The van der Waals surface area contributed by atoms with Gasteiger partial charge in [0.2, 0.25) is 0 Å². The largest absolute Gasteiger partial charge is 0.398 e. The summed E-state index contributed by atoms with van der Waals surface area (Å²) in [6.07, 6.45) is 0.760. The number of nitrogens with two attached hydrogens (primary N) is 1. The Morgan fingerprint density at radius 3 is 2.85 bits per heavy atom. The molecule has 4 N–H and O–H groups in total. The SMILES string of the molecule is CCNC(=O)N1CCC(NC(=O)c2ccccc2N)C1. The fraction of sp³-hybridized carbons (Fsp3) is 0.429. The third-order valence-electron chi connectivity index (χ3n) is 3.34. The van der Waals surface area contributed by atoms with Crippen LogP contribution >= 0.6 is 0 Å². The van der Waals surface area contributed by atoms with E-state index in [0.29, 0.717) is 30.9 Å². The predicted octanol–water partition coefficient (Wildman–Crippen LogP) is 0.802. The minimum atomic E-state index is -0.189. The maximum atomic E-state index is 12.1. The third-order valence-corrected chi connectivity index (χ3v) is 3.34. The summed E-state index contributed by atoms with van der Waals surface area (Å²) >= 11 is 0. The van der Waals surface area contributed by atoms with E-state index < -0.39 is 0 Å². The van der Waals surface area contributed by atoms with Crippen molar-refractivity contribution in [1.82, 2.24) is 15.5 Å². The number of hydrogen-bond acceptors (Lipinski definition) is 3. The molecule has 1 aliphatic heterocycles. The molecule has 3 amide bonds. The first kappa shape index (κ1) is 14.2. The number of anilines is 1. The second-order valence-electron chi connectivity index (χ2n) is 4.83. The Balaban J connectivity index is 1.91. The van der Waals surface area contributed by atoms with Gasteiger partial charge in [-0.25, -0.2) is 4.79 Å². The van der Waals surface area contributed by atoms with Crippen LogP contribution in [0.3, 0.4) is 0 Å². The zero-order valence-electron chi connectivity index (χ0n) is 11.6. The van der Waals surface area contributed by atoms with Crippen LogP contribution in [0.4, 0.5) is 10.5 Å². The van der Waals surface area contributed by atoms with E-state index in [0.717, 1.165) is 6.42 Å². The van der Waals surface area contributed by atoms with Crippen LogP contribution in [0, 0.1) is 0 Å². The summed E-state index contributed by atoms with van der Waals surface area (Å²) in [4.78, 5) is 25.5. The molecule has 0 aromatic heterocycles. The van der Waals surface area contributed by atoms with Crippen LogP contribution in [-0.2, 0) is 0 Å². The van der Waals surface area contributed by atoms with Gasteiger partial charge in [-0.2, -0.15) is 0 Å². The van der Waals surface area contributed by atoms with Gasteiger partial charge in [-0.15, -0.1) is 0 Å². The molecule has 1 unspecified atom stereocenters. The smallest absolute Gasteiger partial charge is 0.317 e. The number of nitrogens with zero attached hydrogens (tertiary/aromatic N) is 1. The number of nitrogens with one attached hydrogen (secondary N) is 2. The quantitative estimate of drug-likeness (QED) is 0.714. The number of carbonyl (C=O) groups excluding carboxylic acids is 2. The zero-order chi connectivity index (χ0) is 14.5. The molecule has 0 aliphatic carbocycles. The fourth-order valence-corrected chi connectivity index (χ4v) is 2.29. The highest BCUT2D eigenvalue weighted by molar-refractivity contribution is 5.99. The Bertz CT molecular complexity index is 504. The van der Waals surface area contributed by atoms with E-state index in [1.807, 2.05) is 6.92 Å². The fourth-order valence-electron chi connectivity index (χ4n) is 2.29. The van der Waals surface area contributed by atoms with E-state index in [4.69, 9.17) is 5.73 Å². The molecule has 1 aromatic rings. The molecule has 1 saturated heterocycles. The van der Waals surface area contributed by atoms with Gasteiger partial charge in [-0.3, -0.25) is 4.79 Å². The molecule has 0 bridgehead atoms. The first-order chi connectivity index (χ1) is 9.61. The van der Waals surface area contributed by atoms with Gasteiger partial charge in [0.15, 0.2) is 0 Å². The number of hydrogen-bond donors (Lipinski definition) is 3. The van der Waals surface area contributed by atoms with E-state index in [2.05, 4.69) is 10.6 Å². The predicted molar refractivity (Wildman–Crippen MR) is 77.4 cm³/mol. The van der Waals surface area contributed by atoms with Gasteiger partial charge in [0.05, 0.1) is 5.56 Å². The van der Waals surface area contributed by atoms with Crippen molar-refractivity contribution in [2.24, 2.45) is 0 Å². The molecule has 1 atom stereocenters. The maximum Gasteiger partial charge on any atom is 0.317 e. The Morgan fingerprint density at radius 1 is 1.40 bits per heavy atom. The van der Waals surface area contributed by atoms with Crippen molar-refractivity contribution in [1.29, 1.82) is 0 Å². The van der Waals surface area contributed by atoms with Gasteiger partial charge >= 0.3 is 6.03 Å². The summed E-state index contributed by atoms with van der Waals surface area (Å²) in [6, 6.07) is 6.86. The number of likely N-dealkylation sites (tertiary alicyclic amines) is 1. The van der Waals surface area contributed by atoms with Gasteiger partial charge in [-0.1, -0.05) is 12.1 Å². The van der Waals surface area contributed by atoms with Crippen molar-refractivity contribution in [2.75, 3.05) is 25.4 Å². The number of para-hydroxylation sites is 1. The van der Waals surface area contributed by atoms with Crippen molar-refractivity contribution < 1.29 is 9.59 Å². The Hall–Kier alpha value is -2.24. The van der Waals surface area contributed by atoms with Crippen molar-refractivity contribution in [3.05, 3.63) is 29.8 Å². The van der Waals surface area contributed by atoms with Crippen molar-refractivity contribution in [2.45, 2.75) is 19.4 Å². The maximum absolute atomic E-state index is 12.1. The molecule has 108 valence electrons. The van der Waals surface area contributed by atoms with Crippen molar-refractivity contribution in [3.63, 3.8) is 0 Å². The average molecular weight is 276 g/mol. The Morgan fingerprint density at radius 2 is 2.15 bits per heavy atom. The Kier molecular flexibility index (Phi) is 4.45. The van der Waals surface area contributed by atoms with Gasteiger partial charge in [0.25, 0.3) is 5.91 Å². The topological polar surface area (TPSA) is 87.5 Å². The molecule has 0 radical (unpaired) electrons. The summed E-state index contributed by atoms with van der Waals surface area (Å²) in [6.45, 7) is 3.67. The van der Waals surface area contributed by atoms with Gasteiger partial charge in [0.1, 0.15) is 0 Å². The number of urea groups is 1. The highest BCUT2D eigenvalue weighted by Gasteiger charge is 2.27. The Labute approximate surface area is 118 Å². The van der Waals surface area contributed by atoms with Crippen molar-refractivity contribution in [3.8, 4) is 0 Å². The van der Waals surface area contributed by atoms with E-state index >= 15 is 0 Å². The third kappa shape index (κ3) is 3.20. The second-order valence-corrected chi connectivity index (χ2v) is 4.83. The number of nitrogen functional groups attached to an aromatic ring is 1. The summed E-state index contributed by atoms with van der Waals surface area (Å²) in [5.74, 6) is -0.189. The second kappa shape index (κ2) is 6.27.